The largest absolute Gasteiger partial charge is 3.00 e. The van der Waals surface area contributed by atoms with Gasteiger partial charge in [-0.3, -0.25) is 11.7 Å². The molecule has 0 aromatic rings. The van der Waals surface area contributed by atoms with Gasteiger partial charge in [0.1, 0.15) is 0 Å². The second-order valence-corrected chi connectivity index (χ2v) is 1.71. The Morgan fingerprint density at radius 3 is 2.33 bits per heavy atom. The average Bonchev–Trinajstić information content (AvgIpc) is 1.65. The Morgan fingerprint density at radius 1 is 1.78 bits per heavy atom. The maximum atomic E-state index is 10.1. The summed E-state index contributed by atoms with van der Waals surface area (Å²) in [6.45, 7) is 6.85. The van der Waals surface area contributed by atoms with Gasteiger partial charge in [-0.1, -0.05) is 6.92 Å². The summed E-state index contributed by atoms with van der Waals surface area (Å²) >= 11 is 0. The third-order valence-corrected chi connectivity index (χ3v) is 0.908. The topological polar surface area (TPSA) is 26.3 Å². The van der Waals surface area contributed by atoms with Crippen molar-refractivity contribution in [2.75, 3.05) is 0 Å². The van der Waals surface area contributed by atoms with Crippen molar-refractivity contribution in [1.82, 2.24) is 0 Å². The second-order valence-electron chi connectivity index (χ2n) is 1.71. The molecule has 0 spiro atoms. The Morgan fingerprint density at radius 2 is 2.22 bits per heavy atom. The molecule has 1 atom stereocenters. The van der Waals surface area contributed by atoms with Gasteiger partial charge in [0.25, 0.3) is 0 Å². The number of carbonyl (C=O) groups excluding carboxylic acids is 1. The smallest absolute Gasteiger partial charge is 0.486 e. The van der Waals surface area contributed by atoms with Crippen molar-refractivity contribution in [2.45, 2.75) is 26.4 Å². The van der Waals surface area contributed by atoms with Crippen molar-refractivity contribution >= 4 is 5.97 Å². The van der Waals surface area contributed by atoms with Crippen molar-refractivity contribution in [3.8, 4) is 0 Å². The van der Waals surface area contributed by atoms with Crippen molar-refractivity contribution in [2.24, 2.45) is 0 Å². The molecule has 0 aliphatic rings. The third kappa shape index (κ3) is 8.44. The molecule has 0 amide bonds. The number of carbonyl (C=O) groups is 1. The molecule has 0 rings (SSSR count). The van der Waals surface area contributed by atoms with Crippen LogP contribution in [0.25, 0.3) is 0 Å². The van der Waals surface area contributed by atoms with Crippen LogP contribution < -0.4 is 0 Å². The van der Waals surface area contributed by atoms with E-state index in [1.807, 2.05) is 13.8 Å². The van der Waals surface area contributed by atoms with Crippen molar-refractivity contribution in [3.05, 3.63) is 6.92 Å². The first-order valence-electron chi connectivity index (χ1n) is 2.69. The molecule has 1 unspecified atom stereocenters. The van der Waals surface area contributed by atoms with Crippen LogP contribution >= 0.6 is 0 Å². The van der Waals surface area contributed by atoms with Gasteiger partial charge in [0.15, 0.2) is 5.97 Å². The molecule has 0 heterocycles. The molecule has 0 bridgehead atoms. The molecule has 0 saturated carbocycles. The molecule has 0 aliphatic carbocycles. The SMILES string of the molecule is [CH2-]C(=O)OC(C)CC.[Y+3]. The van der Waals surface area contributed by atoms with Crippen LogP contribution in [0.4, 0.5) is 0 Å². The fraction of sp³-hybridized carbons (Fsp3) is 0.667. The van der Waals surface area contributed by atoms with Gasteiger partial charge < -0.3 is 4.74 Å². The predicted molar refractivity (Wildman–Crippen MR) is 31.2 cm³/mol. The summed E-state index contributed by atoms with van der Waals surface area (Å²) in [6.07, 6.45) is 0.862. The van der Waals surface area contributed by atoms with E-state index in [4.69, 9.17) is 0 Å². The predicted octanol–water partition coefficient (Wildman–Crippen LogP) is 1.16. The minimum atomic E-state index is -0.445. The molecule has 48 valence electrons. The minimum Gasteiger partial charge on any atom is -0.486 e. The summed E-state index contributed by atoms with van der Waals surface area (Å²) in [5.74, 6) is -0.445. The van der Waals surface area contributed by atoms with Crippen molar-refractivity contribution in [1.29, 1.82) is 0 Å². The van der Waals surface area contributed by atoms with E-state index in [0.29, 0.717) is 0 Å². The first-order chi connectivity index (χ1) is 3.66. The summed E-state index contributed by atoms with van der Waals surface area (Å²) < 4.78 is 4.65. The number of esters is 1. The number of rotatable bonds is 2. The van der Waals surface area contributed by atoms with Gasteiger partial charge >= 0.3 is 32.7 Å². The molecular weight excluding hydrogens is 193 g/mol. The second kappa shape index (κ2) is 6.56. The summed E-state index contributed by atoms with van der Waals surface area (Å²) in [5, 5.41) is 0. The van der Waals surface area contributed by atoms with E-state index >= 15 is 0 Å². The Labute approximate surface area is 81.2 Å². The van der Waals surface area contributed by atoms with E-state index in [1.54, 1.807) is 0 Å². The van der Waals surface area contributed by atoms with Gasteiger partial charge in [-0.25, -0.2) is 0 Å². The van der Waals surface area contributed by atoms with Gasteiger partial charge in [-0.05, 0) is 13.3 Å². The molecule has 0 aromatic carbocycles. The van der Waals surface area contributed by atoms with Crippen molar-refractivity contribution in [3.63, 3.8) is 0 Å². The summed E-state index contributed by atoms with van der Waals surface area (Å²) in [5.41, 5.74) is 0. The Kier molecular flexibility index (Phi) is 8.86. The van der Waals surface area contributed by atoms with Gasteiger partial charge in [0.05, 0.1) is 6.10 Å². The van der Waals surface area contributed by atoms with Crippen LogP contribution in [-0.4, -0.2) is 12.1 Å². The Bertz CT molecular complexity index is 83.1. The molecular formula is C6H11O2Y+2. The van der Waals surface area contributed by atoms with Crippen LogP contribution in [0.2, 0.25) is 0 Å². The molecule has 9 heavy (non-hydrogen) atoms. The van der Waals surface area contributed by atoms with E-state index in [1.165, 1.54) is 0 Å². The summed E-state index contributed by atoms with van der Waals surface area (Å²) in [6, 6.07) is 0. The minimum absolute atomic E-state index is 0. The number of hydrogen-bond acceptors (Lipinski definition) is 2. The fourth-order valence-corrected chi connectivity index (χ4v) is 0.308. The first-order valence-corrected chi connectivity index (χ1v) is 2.69. The summed E-state index contributed by atoms with van der Waals surface area (Å²) in [4.78, 5) is 10.1. The molecule has 2 nitrogen and oxygen atoms in total. The van der Waals surface area contributed by atoms with Crippen molar-refractivity contribution < 1.29 is 42.2 Å². The number of ether oxygens (including phenoxy) is 1. The van der Waals surface area contributed by atoms with Crippen LogP contribution in [0.3, 0.4) is 0 Å². The van der Waals surface area contributed by atoms with Crippen LogP contribution in [0.1, 0.15) is 20.3 Å². The van der Waals surface area contributed by atoms with Gasteiger partial charge in [-0.2, -0.15) is 0 Å². The monoisotopic (exact) mass is 204 g/mol. The molecule has 0 N–H and O–H groups in total. The number of hydrogen-bond donors (Lipinski definition) is 0. The van der Waals surface area contributed by atoms with E-state index < -0.39 is 5.97 Å². The van der Waals surface area contributed by atoms with Gasteiger partial charge in [0, 0.05) is 0 Å². The standard InChI is InChI=1S/C6H11O2.Y/c1-4-5(2)8-6(3)7;/h5H,3-4H2,1-2H3;/q-1;+3. The van der Waals surface area contributed by atoms with E-state index in [0.717, 1.165) is 6.42 Å². The average molecular weight is 204 g/mol. The first kappa shape index (κ1) is 12.2. The zero-order valence-electron chi connectivity index (χ0n) is 5.89. The molecule has 0 aromatic heterocycles. The third-order valence-electron chi connectivity index (χ3n) is 0.908. The van der Waals surface area contributed by atoms with Crippen LogP contribution in [-0.2, 0) is 42.2 Å². The Balaban J connectivity index is 0. The Hall–Kier alpha value is 0.444. The molecule has 0 aliphatic heterocycles. The zero-order chi connectivity index (χ0) is 6.57. The van der Waals surface area contributed by atoms with Crippen LogP contribution in [0, 0.1) is 6.92 Å². The van der Waals surface area contributed by atoms with E-state index in [2.05, 4.69) is 11.7 Å². The maximum Gasteiger partial charge on any atom is 3.00 e. The normalized spacial score (nSPS) is 11.3. The zero-order valence-corrected chi connectivity index (χ0v) is 8.72. The van der Waals surface area contributed by atoms with Crippen LogP contribution in [0.15, 0.2) is 0 Å². The van der Waals surface area contributed by atoms with Gasteiger partial charge in [0.2, 0.25) is 0 Å². The molecule has 3 heteroatoms. The van der Waals surface area contributed by atoms with Gasteiger partial charge in [-0.15, -0.1) is 0 Å². The fourth-order valence-electron chi connectivity index (χ4n) is 0.308. The van der Waals surface area contributed by atoms with Crippen LogP contribution in [0.5, 0.6) is 0 Å². The summed E-state index contributed by atoms with van der Waals surface area (Å²) in [7, 11) is 0. The van der Waals surface area contributed by atoms with E-state index in [9.17, 15) is 4.79 Å². The molecule has 0 radical (unpaired) electrons. The quantitative estimate of drug-likeness (QED) is 0.498. The maximum absolute atomic E-state index is 10.1. The van der Waals surface area contributed by atoms with E-state index in [-0.39, 0.29) is 38.8 Å². The molecule has 0 saturated heterocycles. The molecule has 0 fully saturated rings.